The first-order valence-electron chi connectivity index (χ1n) is 8.62. The molecule has 0 saturated heterocycles. The Labute approximate surface area is 190 Å². The molecule has 0 atom stereocenters. The maximum atomic E-state index is 12.6. The summed E-state index contributed by atoms with van der Waals surface area (Å²) in [5.41, 5.74) is 0.518. The number of hydrogen-bond acceptors (Lipinski definition) is 5. The van der Waals surface area contributed by atoms with Crippen molar-refractivity contribution < 1.29 is 21.9 Å². The molecule has 0 unspecified atom stereocenters. The van der Waals surface area contributed by atoms with Crippen LogP contribution in [0.25, 0.3) is 6.08 Å². The standard InChI is InChI=1S/C20H16Cl2N2O5S2/c21-15-6-4-14(5-7-15)10-11-30(26,27)24-19-13-18(8-9-20(19)25)31(28,29)23-17-3-1-2-16(22)12-17/h1-13,23-25H/b11-10+. The van der Waals surface area contributed by atoms with E-state index in [2.05, 4.69) is 9.44 Å². The minimum atomic E-state index is -4.07. The van der Waals surface area contributed by atoms with Gasteiger partial charge in [0.15, 0.2) is 0 Å². The zero-order valence-corrected chi connectivity index (χ0v) is 18.8. The third-order valence-corrected chi connectivity index (χ3v) is 6.78. The summed E-state index contributed by atoms with van der Waals surface area (Å²) >= 11 is 11.7. The number of benzene rings is 3. The van der Waals surface area contributed by atoms with Crippen molar-refractivity contribution in [1.29, 1.82) is 0 Å². The van der Waals surface area contributed by atoms with E-state index in [4.69, 9.17) is 23.2 Å². The average molecular weight is 499 g/mol. The van der Waals surface area contributed by atoms with Gasteiger partial charge in [0.1, 0.15) is 5.75 Å². The number of halogens is 2. The summed E-state index contributed by atoms with van der Waals surface area (Å²) in [7, 11) is -8.12. The number of aromatic hydroxyl groups is 1. The van der Waals surface area contributed by atoms with Crippen LogP contribution in [0.1, 0.15) is 5.56 Å². The van der Waals surface area contributed by atoms with Crippen molar-refractivity contribution in [3.05, 3.63) is 87.7 Å². The Bertz CT molecular complexity index is 1340. The molecule has 0 bridgehead atoms. The van der Waals surface area contributed by atoms with Crippen molar-refractivity contribution in [2.75, 3.05) is 9.44 Å². The van der Waals surface area contributed by atoms with Gasteiger partial charge in [0.05, 0.1) is 21.7 Å². The number of anilines is 2. The second-order valence-electron chi connectivity index (χ2n) is 6.30. The van der Waals surface area contributed by atoms with Gasteiger partial charge in [-0.3, -0.25) is 9.44 Å². The van der Waals surface area contributed by atoms with Crippen LogP contribution in [0.3, 0.4) is 0 Å². The zero-order chi connectivity index (χ0) is 22.6. The lowest BCUT2D eigenvalue weighted by Gasteiger charge is -2.12. The number of hydrogen-bond donors (Lipinski definition) is 3. The van der Waals surface area contributed by atoms with Gasteiger partial charge in [-0.1, -0.05) is 41.4 Å². The van der Waals surface area contributed by atoms with Gasteiger partial charge < -0.3 is 5.11 Å². The summed E-state index contributed by atoms with van der Waals surface area (Å²) in [6.07, 6.45) is 1.33. The van der Waals surface area contributed by atoms with Gasteiger partial charge in [0.25, 0.3) is 20.0 Å². The number of sulfonamides is 2. The van der Waals surface area contributed by atoms with Gasteiger partial charge in [0.2, 0.25) is 0 Å². The number of rotatable bonds is 7. The van der Waals surface area contributed by atoms with E-state index >= 15 is 0 Å². The third kappa shape index (κ3) is 6.38. The molecule has 0 amide bonds. The molecule has 0 aliphatic carbocycles. The van der Waals surface area contributed by atoms with Crippen LogP contribution < -0.4 is 9.44 Å². The first kappa shape index (κ1) is 23.0. The van der Waals surface area contributed by atoms with Gasteiger partial charge in [-0.25, -0.2) is 16.8 Å². The van der Waals surface area contributed by atoms with E-state index in [9.17, 15) is 21.9 Å². The van der Waals surface area contributed by atoms with E-state index in [1.807, 2.05) is 0 Å². The Morgan fingerprint density at radius 1 is 0.806 bits per heavy atom. The first-order valence-corrected chi connectivity index (χ1v) is 12.4. The number of phenols is 1. The SMILES string of the molecule is O=S(=O)(/C=C/c1ccc(Cl)cc1)Nc1cc(S(=O)(=O)Nc2cccc(Cl)c2)ccc1O. The summed E-state index contributed by atoms with van der Waals surface area (Å²) in [5, 5.41) is 11.7. The van der Waals surface area contributed by atoms with Crippen molar-refractivity contribution in [3.63, 3.8) is 0 Å². The lowest BCUT2D eigenvalue weighted by atomic mass is 10.2. The molecule has 0 aromatic heterocycles. The van der Waals surface area contributed by atoms with E-state index in [0.717, 1.165) is 23.6 Å². The zero-order valence-electron chi connectivity index (χ0n) is 15.7. The van der Waals surface area contributed by atoms with E-state index < -0.39 is 25.8 Å². The molecule has 0 heterocycles. The van der Waals surface area contributed by atoms with Crippen molar-refractivity contribution in [2.45, 2.75) is 4.90 Å². The molecule has 0 radical (unpaired) electrons. The maximum absolute atomic E-state index is 12.6. The van der Waals surface area contributed by atoms with Crippen LogP contribution in [-0.2, 0) is 20.0 Å². The molecule has 0 aliphatic heterocycles. The molecule has 7 nitrogen and oxygen atoms in total. The van der Waals surface area contributed by atoms with Crippen LogP contribution >= 0.6 is 23.2 Å². The van der Waals surface area contributed by atoms with E-state index in [1.165, 1.54) is 18.2 Å². The molecule has 31 heavy (non-hydrogen) atoms. The Hall–Kier alpha value is -2.72. The predicted octanol–water partition coefficient (Wildman–Crippen LogP) is 4.91. The Morgan fingerprint density at radius 2 is 1.52 bits per heavy atom. The Balaban J connectivity index is 1.84. The lowest BCUT2D eigenvalue weighted by Crippen LogP contribution is -2.14. The van der Waals surface area contributed by atoms with Crippen molar-refractivity contribution >= 4 is 60.7 Å². The van der Waals surface area contributed by atoms with Crippen LogP contribution in [-0.4, -0.2) is 21.9 Å². The van der Waals surface area contributed by atoms with Crippen molar-refractivity contribution in [3.8, 4) is 5.75 Å². The van der Waals surface area contributed by atoms with Gasteiger partial charge >= 0.3 is 0 Å². The van der Waals surface area contributed by atoms with E-state index in [0.29, 0.717) is 15.6 Å². The largest absolute Gasteiger partial charge is 0.506 e. The smallest absolute Gasteiger partial charge is 0.261 e. The molecule has 11 heteroatoms. The van der Waals surface area contributed by atoms with Gasteiger partial charge in [-0.15, -0.1) is 0 Å². The lowest BCUT2D eigenvalue weighted by molar-refractivity contribution is 0.477. The molecule has 3 N–H and O–H groups in total. The molecule has 3 aromatic carbocycles. The minimum absolute atomic E-state index is 0.230. The number of nitrogens with one attached hydrogen (secondary N) is 2. The third-order valence-electron chi connectivity index (χ3n) is 3.92. The highest BCUT2D eigenvalue weighted by Crippen LogP contribution is 2.29. The van der Waals surface area contributed by atoms with Crippen LogP contribution in [0.4, 0.5) is 11.4 Å². The fourth-order valence-corrected chi connectivity index (χ4v) is 4.73. The van der Waals surface area contributed by atoms with Crippen molar-refractivity contribution in [2.24, 2.45) is 0 Å². The molecular formula is C20H16Cl2N2O5S2. The molecule has 0 spiro atoms. The normalized spacial score (nSPS) is 12.1. The highest BCUT2D eigenvalue weighted by molar-refractivity contribution is 7.95. The Morgan fingerprint density at radius 3 is 2.19 bits per heavy atom. The highest BCUT2D eigenvalue weighted by Gasteiger charge is 2.18. The second-order valence-corrected chi connectivity index (χ2v) is 10.4. The summed E-state index contributed by atoms with van der Waals surface area (Å²) in [6, 6.07) is 15.8. The van der Waals surface area contributed by atoms with Gasteiger partial charge in [0, 0.05) is 10.0 Å². The number of phenolic OH excluding ortho intramolecular Hbond substituents is 1. The summed E-state index contributed by atoms with van der Waals surface area (Å²) in [6.45, 7) is 0. The fraction of sp³-hybridized carbons (Fsp3) is 0. The van der Waals surface area contributed by atoms with Crippen LogP contribution in [0.2, 0.25) is 10.0 Å². The highest BCUT2D eigenvalue weighted by atomic mass is 35.5. The topological polar surface area (TPSA) is 113 Å². The summed E-state index contributed by atoms with van der Waals surface area (Å²) in [5.74, 6) is -0.440. The van der Waals surface area contributed by atoms with E-state index in [1.54, 1.807) is 36.4 Å². The van der Waals surface area contributed by atoms with Crippen LogP contribution in [0.5, 0.6) is 5.75 Å². The predicted molar refractivity (Wildman–Crippen MR) is 123 cm³/mol. The molecule has 0 aliphatic rings. The molecular weight excluding hydrogens is 483 g/mol. The monoisotopic (exact) mass is 498 g/mol. The Kier molecular flexibility index (Phi) is 6.80. The average Bonchev–Trinajstić information content (AvgIpc) is 2.69. The summed E-state index contributed by atoms with van der Waals surface area (Å²) in [4.78, 5) is -0.260. The van der Waals surface area contributed by atoms with Crippen LogP contribution in [0, 0.1) is 0 Å². The van der Waals surface area contributed by atoms with Crippen molar-refractivity contribution in [1.82, 2.24) is 0 Å². The molecule has 3 rings (SSSR count). The maximum Gasteiger partial charge on any atom is 0.261 e. The first-order chi connectivity index (χ1) is 14.5. The van der Waals surface area contributed by atoms with Crippen LogP contribution in [0.15, 0.2) is 77.0 Å². The molecule has 3 aromatic rings. The van der Waals surface area contributed by atoms with Gasteiger partial charge in [-0.05, 0) is 60.2 Å². The quantitative estimate of drug-likeness (QED) is 0.400. The summed E-state index contributed by atoms with van der Waals surface area (Å²) < 4.78 is 54.5. The minimum Gasteiger partial charge on any atom is -0.506 e. The fourth-order valence-electron chi connectivity index (χ4n) is 2.46. The molecule has 0 fully saturated rings. The molecule has 162 valence electrons. The molecule has 0 saturated carbocycles. The van der Waals surface area contributed by atoms with Gasteiger partial charge in [-0.2, -0.15) is 0 Å². The second kappa shape index (κ2) is 9.19. The van der Waals surface area contributed by atoms with E-state index in [-0.39, 0.29) is 16.3 Å².